The molecule has 21 heavy (non-hydrogen) atoms. The minimum absolute atomic E-state index is 0.00810. The molecule has 3 amide bonds. The van der Waals surface area contributed by atoms with Gasteiger partial charge in [0, 0.05) is 25.2 Å². The Morgan fingerprint density at radius 1 is 1.05 bits per heavy atom. The fraction of sp³-hybridized carbons (Fsp3) is 0.867. The lowest BCUT2D eigenvalue weighted by atomic mass is 9.96. The Hall–Kier alpha value is -1.30. The quantitative estimate of drug-likeness (QED) is 0.719. The molecule has 0 aromatic rings. The average Bonchev–Trinajstić information content (AvgIpc) is 2.53. The molecule has 6 nitrogen and oxygen atoms in total. The zero-order valence-corrected chi connectivity index (χ0v) is 13.0. The Morgan fingerprint density at radius 3 is 2.48 bits per heavy atom. The number of hydrogen-bond acceptors (Lipinski definition) is 3. The van der Waals surface area contributed by atoms with Crippen molar-refractivity contribution in [3.63, 3.8) is 0 Å². The summed E-state index contributed by atoms with van der Waals surface area (Å²) >= 11 is 0. The van der Waals surface area contributed by atoms with Crippen molar-refractivity contribution in [3.05, 3.63) is 0 Å². The van der Waals surface area contributed by atoms with Crippen LogP contribution in [0.2, 0.25) is 0 Å². The zero-order chi connectivity index (χ0) is 15.1. The number of carbonyl (C=O) groups is 2. The number of likely N-dealkylation sites (tertiary alicyclic amines) is 1. The first-order valence-corrected chi connectivity index (χ1v) is 8.18. The summed E-state index contributed by atoms with van der Waals surface area (Å²) in [6.07, 6.45) is 7.86. The number of amides is 3. The topological polar surface area (TPSA) is 73.5 Å². The molecule has 1 saturated heterocycles. The number of rotatable bonds is 4. The first kappa shape index (κ1) is 16.1. The van der Waals surface area contributed by atoms with E-state index in [9.17, 15) is 9.59 Å². The number of hydrogen-bond donors (Lipinski definition) is 3. The van der Waals surface area contributed by atoms with E-state index in [0.717, 1.165) is 38.8 Å². The Labute approximate surface area is 127 Å². The van der Waals surface area contributed by atoms with Gasteiger partial charge in [-0.05, 0) is 32.7 Å². The van der Waals surface area contributed by atoms with E-state index in [2.05, 4.69) is 16.0 Å². The van der Waals surface area contributed by atoms with Crippen LogP contribution in [0.1, 0.15) is 44.9 Å². The van der Waals surface area contributed by atoms with E-state index < -0.39 is 0 Å². The molecule has 1 saturated carbocycles. The molecule has 0 aromatic carbocycles. The first-order valence-electron chi connectivity index (χ1n) is 8.18. The highest BCUT2D eigenvalue weighted by Crippen LogP contribution is 2.17. The normalized spacial score (nSPS) is 23.7. The lowest BCUT2D eigenvalue weighted by Gasteiger charge is -2.32. The fourth-order valence-electron chi connectivity index (χ4n) is 3.19. The standard InChI is InChI=1S/C15H28N4O2/c1-16-13-8-5-9-19(11-13)14(20)10-17-15(21)18-12-6-3-2-4-7-12/h12-13,16H,2-11H2,1H3,(H2,17,18,21). The van der Waals surface area contributed by atoms with E-state index >= 15 is 0 Å². The largest absolute Gasteiger partial charge is 0.340 e. The summed E-state index contributed by atoms with van der Waals surface area (Å²) < 4.78 is 0. The molecule has 6 heteroatoms. The third-order valence-electron chi connectivity index (χ3n) is 4.52. The van der Waals surface area contributed by atoms with Crippen LogP contribution in [0.5, 0.6) is 0 Å². The van der Waals surface area contributed by atoms with Crippen molar-refractivity contribution in [1.29, 1.82) is 0 Å². The summed E-state index contributed by atoms with van der Waals surface area (Å²) in [5.74, 6) is 0.00810. The number of nitrogens with zero attached hydrogens (tertiary/aromatic N) is 1. The number of urea groups is 1. The van der Waals surface area contributed by atoms with Crippen molar-refractivity contribution in [2.24, 2.45) is 0 Å². The fourth-order valence-corrected chi connectivity index (χ4v) is 3.19. The molecule has 0 aromatic heterocycles. The molecule has 0 spiro atoms. The molecule has 2 rings (SSSR count). The van der Waals surface area contributed by atoms with Gasteiger partial charge >= 0.3 is 6.03 Å². The van der Waals surface area contributed by atoms with Crippen LogP contribution in [-0.2, 0) is 4.79 Å². The van der Waals surface area contributed by atoms with Gasteiger partial charge in [0.2, 0.25) is 5.91 Å². The molecule has 120 valence electrons. The average molecular weight is 296 g/mol. The number of nitrogens with one attached hydrogen (secondary N) is 3. The molecular weight excluding hydrogens is 268 g/mol. The second-order valence-corrected chi connectivity index (χ2v) is 6.13. The maximum atomic E-state index is 12.1. The van der Waals surface area contributed by atoms with Gasteiger partial charge < -0.3 is 20.9 Å². The van der Waals surface area contributed by atoms with Crippen molar-refractivity contribution in [2.45, 2.75) is 57.0 Å². The van der Waals surface area contributed by atoms with Crippen molar-refractivity contribution in [3.8, 4) is 0 Å². The Morgan fingerprint density at radius 2 is 1.76 bits per heavy atom. The Bertz CT molecular complexity index is 356. The second kappa shape index (κ2) is 8.22. The first-order chi connectivity index (χ1) is 10.2. The third kappa shape index (κ3) is 5.19. The summed E-state index contributed by atoms with van der Waals surface area (Å²) in [5, 5.41) is 8.88. The van der Waals surface area contributed by atoms with Crippen LogP contribution in [0.4, 0.5) is 4.79 Å². The molecule has 2 aliphatic rings. The van der Waals surface area contributed by atoms with E-state index in [0.29, 0.717) is 6.04 Å². The summed E-state index contributed by atoms with van der Waals surface area (Å²) in [7, 11) is 1.93. The molecule has 1 atom stereocenters. The molecule has 1 aliphatic carbocycles. The molecule has 2 fully saturated rings. The number of piperidine rings is 1. The monoisotopic (exact) mass is 296 g/mol. The van der Waals surface area contributed by atoms with E-state index in [1.165, 1.54) is 19.3 Å². The van der Waals surface area contributed by atoms with Crippen molar-refractivity contribution in [2.75, 3.05) is 26.7 Å². The molecular formula is C15H28N4O2. The number of likely N-dealkylation sites (N-methyl/N-ethyl adjacent to an activating group) is 1. The van der Waals surface area contributed by atoms with Gasteiger partial charge in [-0.25, -0.2) is 4.79 Å². The van der Waals surface area contributed by atoms with Gasteiger partial charge in [-0.1, -0.05) is 19.3 Å². The van der Waals surface area contributed by atoms with Crippen molar-refractivity contribution < 1.29 is 9.59 Å². The Kier molecular flexibility index (Phi) is 6.29. The van der Waals surface area contributed by atoms with Gasteiger partial charge in [-0.3, -0.25) is 4.79 Å². The highest BCUT2D eigenvalue weighted by Gasteiger charge is 2.23. The minimum atomic E-state index is -0.211. The smallest absolute Gasteiger partial charge is 0.315 e. The van der Waals surface area contributed by atoms with Crippen molar-refractivity contribution in [1.82, 2.24) is 20.9 Å². The van der Waals surface area contributed by atoms with E-state index in [4.69, 9.17) is 0 Å². The third-order valence-corrected chi connectivity index (χ3v) is 4.52. The predicted molar refractivity (Wildman–Crippen MR) is 82.1 cm³/mol. The maximum absolute atomic E-state index is 12.1. The van der Waals surface area contributed by atoms with E-state index in [1.807, 2.05) is 11.9 Å². The summed E-state index contributed by atoms with van der Waals surface area (Å²) in [5.41, 5.74) is 0. The molecule has 1 unspecified atom stereocenters. The van der Waals surface area contributed by atoms with Crippen LogP contribution in [0.25, 0.3) is 0 Å². The molecule has 0 bridgehead atoms. The van der Waals surface area contributed by atoms with Gasteiger partial charge in [-0.2, -0.15) is 0 Å². The van der Waals surface area contributed by atoms with Crippen LogP contribution in [-0.4, -0.2) is 55.6 Å². The lowest BCUT2D eigenvalue weighted by Crippen LogP contribution is -2.51. The van der Waals surface area contributed by atoms with E-state index in [-0.39, 0.29) is 24.5 Å². The Balaban J connectivity index is 1.66. The van der Waals surface area contributed by atoms with Crippen LogP contribution in [0, 0.1) is 0 Å². The predicted octanol–water partition coefficient (Wildman–Crippen LogP) is 0.829. The van der Waals surface area contributed by atoms with Gasteiger partial charge in [0.15, 0.2) is 0 Å². The van der Waals surface area contributed by atoms with Crippen molar-refractivity contribution >= 4 is 11.9 Å². The second-order valence-electron chi connectivity index (χ2n) is 6.13. The highest BCUT2D eigenvalue weighted by atomic mass is 16.2. The molecule has 1 aliphatic heterocycles. The van der Waals surface area contributed by atoms with Gasteiger partial charge in [0.1, 0.15) is 0 Å². The summed E-state index contributed by atoms with van der Waals surface area (Å²) in [6, 6.07) is 0.439. The maximum Gasteiger partial charge on any atom is 0.315 e. The van der Waals surface area contributed by atoms with Crippen LogP contribution in [0.3, 0.4) is 0 Å². The van der Waals surface area contributed by atoms with Crippen LogP contribution >= 0.6 is 0 Å². The van der Waals surface area contributed by atoms with Gasteiger partial charge in [-0.15, -0.1) is 0 Å². The SMILES string of the molecule is CNC1CCCN(C(=O)CNC(=O)NC2CCCCC2)C1. The zero-order valence-electron chi connectivity index (χ0n) is 13.0. The number of carbonyl (C=O) groups excluding carboxylic acids is 2. The van der Waals surface area contributed by atoms with Gasteiger partial charge in [0.25, 0.3) is 0 Å². The van der Waals surface area contributed by atoms with E-state index in [1.54, 1.807) is 0 Å². The summed E-state index contributed by atoms with van der Waals surface area (Å²) in [6.45, 7) is 1.62. The molecule has 1 heterocycles. The van der Waals surface area contributed by atoms with Crippen LogP contribution in [0.15, 0.2) is 0 Å². The summed E-state index contributed by atoms with van der Waals surface area (Å²) in [4.78, 5) is 25.8. The highest BCUT2D eigenvalue weighted by molar-refractivity contribution is 5.84. The van der Waals surface area contributed by atoms with Gasteiger partial charge in [0.05, 0.1) is 6.54 Å². The molecule has 3 N–H and O–H groups in total. The minimum Gasteiger partial charge on any atom is -0.340 e. The lowest BCUT2D eigenvalue weighted by molar-refractivity contribution is -0.131. The molecule has 0 radical (unpaired) electrons. The van der Waals surface area contributed by atoms with Crippen LogP contribution < -0.4 is 16.0 Å².